The summed E-state index contributed by atoms with van der Waals surface area (Å²) in [5.74, 6) is -1.01. The second-order valence-electron chi connectivity index (χ2n) is 12.7. The van der Waals surface area contributed by atoms with Gasteiger partial charge in [0.2, 0.25) is 10.0 Å². The van der Waals surface area contributed by atoms with Crippen molar-refractivity contribution in [1.29, 1.82) is 0 Å². The van der Waals surface area contributed by atoms with E-state index in [1.54, 1.807) is 6.20 Å². The molecule has 0 radical (unpaired) electrons. The average molecular weight is 538 g/mol. The number of sulfonamides is 1. The Kier molecular flexibility index (Phi) is 4.74. The molecule has 1 saturated heterocycles. The summed E-state index contributed by atoms with van der Waals surface area (Å²) in [5, 5.41) is 0.993. The van der Waals surface area contributed by atoms with Crippen molar-refractivity contribution in [3.8, 4) is 0 Å². The van der Waals surface area contributed by atoms with E-state index in [0.717, 1.165) is 41.4 Å². The molecule has 9 heteroatoms. The summed E-state index contributed by atoms with van der Waals surface area (Å²) < 4.78 is 36.0. The largest absolute Gasteiger partial charge is 0.468 e. The second-order valence-corrected chi connectivity index (χ2v) is 14.5. The number of carbonyl (C=O) groups excluding carboxylic acids is 2. The third-order valence-electron chi connectivity index (χ3n) is 11.3. The maximum absolute atomic E-state index is 14.5. The lowest BCUT2D eigenvalue weighted by molar-refractivity contribution is -0.144. The maximum atomic E-state index is 14.5. The molecular weight excluding hydrogens is 502 g/mol. The smallest absolute Gasteiger partial charge is 0.316 e. The first-order chi connectivity index (χ1) is 17.9. The lowest BCUT2D eigenvalue weighted by Gasteiger charge is -2.45. The van der Waals surface area contributed by atoms with Crippen LogP contribution in [0.1, 0.15) is 62.6 Å². The van der Waals surface area contributed by atoms with Crippen LogP contribution < -0.4 is 0 Å². The van der Waals surface area contributed by atoms with E-state index < -0.39 is 15.9 Å². The quantitative estimate of drug-likeness (QED) is 0.545. The lowest BCUT2D eigenvalue weighted by Crippen LogP contribution is -2.50. The van der Waals surface area contributed by atoms with Crippen molar-refractivity contribution in [3.63, 3.8) is 0 Å². The molecule has 3 aliphatic carbocycles. The van der Waals surface area contributed by atoms with E-state index in [0.29, 0.717) is 17.9 Å². The van der Waals surface area contributed by atoms with Crippen LogP contribution in [0.25, 0.3) is 10.9 Å². The summed E-state index contributed by atoms with van der Waals surface area (Å²) in [4.78, 5) is 29.5. The van der Waals surface area contributed by atoms with Crippen LogP contribution in [0, 0.1) is 16.7 Å². The van der Waals surface area contributed by atoms with Crippen LogP contribution in [0.5, 0.6) is 0 Å². The molecule has 3 heterocycles. The number of rotatable bonds is 2. The van der Waals surface area contributed by atoms with Gasteiger partial charge >= 0.3 is 5.97 Å². The number of esters is 1. The first-order valence-electron chi connectivity index (χ1n) is 13.6. The first-order valence-corrected chi connectivity index (χ1v) is 15.2. The number of methoxy groups -OCH3 is 1. The fraction of sp³-hybridized carbons (Fsp3) is 0.586. The van der Waals surface area contributed by atoms with Crippen LogP contribution in [0.15, 0.2) is 36.0 Å². The number of fused-ring (bicyclic) bond motifs is 7. The summed E-state index contributed by atoms with van der Waals surface area (Å²) in [6.45, 7) is 4.39. The van der Waals surface area contributed by atoms with Crippen LogP contribution in [0.3, 0.4) is 0 Å². The van der Waals surface area contributed by atoms with Gasteiger partial charge in [0.15, 0.2) is 0 Å². The van der Waals surface area contributed by atoms with Gasteiger partial charge in [-0.2, -0.15) is 0 Å². The van der Waals surface area contributed by atoms with Crippen molar-refractivity contribution in [2.45, 2.75) is 63.5 Å². The normalized spacial score (nSPS) is 35.7. The van der Waals surface area contributed by atoms with Crippen molar-refractivity contribution >= 4 is 32.8 Å². The number of aromatic nitrogens is 1. The third kappa shape index (κ3) is 2.68. The predicted octanol–water partition coefficient (Wildman–Crippen LogP) is 3.49. The highest BCUT2D eigenvalue weighted by Crippen LogP contribution is 2.70. The average Bonchev–Trinajstić information content (AvgIpc) is 3.48. The Morgan fingerprint density at radius 3 is 2.55 bits per heavy atom. The molecule has 2 aromatic rings. The van der Waals surface area contributed by atoms with Gasteiger partial charge < -0.3 is 14.2 Å². The van der Waals surface area contributed by atoms with Crippen molar-refractivity contribution < 1.29 is 22.7 Å². The van der Waals surface area contributed by atoms with Crippen LogP contribution in [-0.2, 0) is 31.4 Å². The number of carbonyl (C=O) groups is 2. The molecule has 38 heavy (non-hydrogen) atoms. The maximum Gasteiger partial charge on any atom is 0.316 e. The molecule has 5 aliphatic rings. The van der Waals surface area contributed by atoms with Gasteiger partial charge in [0.25, 0.3) is 5.91 Å². The third-order valence-corrected chi connectivity index (χ3v) is 13.2. The van der Waals surface area contributed by atoms with Crippen molar-refractivity contribution in [2.75, 3.05) is 19.9 Å². The van der Waals surface area contributed by atoms with Gasteiger partial charge in [-0.3, -0.25) is 9.59 Å². The molecule has 1 aromatic heterocycles. The number of hydrogen-bond donors (Lipinski definition) is 0. The van der Waals surface area contributed by atoms with Crippen molar-refractivity contribution in [1.82, 2.24) is 13.8 Å². The SMILES string of the molecule is COC(=O)[C@@H]1c2c(c3ccccc3n2C)[C@@H]2C[C@H]1N(C)C=C2C(=O)N1[C@@H]2C[C@H]3CC[C@]2(CS1(=O)=O)C3(C)C. The highest BCUT2D eigenvalue weighted by molar-refractivity contribution is 7.90. The number of para-hydroxylation sites is 1. The van der Waals surface area contributed by atoms with Gasteiger partial charge in [0, 0.05) is 59.8 Å². The van der Waals surface area contributed by atoms with E-state index in [1.807, 2.05) is 47.8 Å². The molecule has 1 amide bonds. The lowest BCUT2D eigenvalue weighted by atomic mass is 9.68. The van der Waals surface area contributed by atoms with Gasteiger partial charge in [0.1, 0.15) is 5.92 Å². The molecule has 1 spiro atoms. The summed E-state index contributed by atoms with van der Waals surface area (Å²) in [6.07, 6.45) is 4.99. The molecule has 2 saturated carbocycles. The molecular formula is C29H35N3O5S. The zero-order valence-electron chi connectivity index (χ0n) is 22.6. The summed E-state index contributed by atoms with van der Waals surface area (Å²) in [6, 6.07) is 7.51. The molecule has 1 aromatic carbocycles. The first kappa shape index (κ1) is 24.2. The molecule has 0 unspecified atom stereocenters. The number of ether oxygens (including phenoxy) is 1. The minimum absolute atomic E-state index is 0.0558. The number of hydrogen-bond acceptors (Lipinski definition) is 6. The Labute approximate surface area is 223 Å². The Balaban J connectivity index is 1.39. The van der Waals surface area contributed by atoms with E-state index in [4.69, 9.17) is 4.74 Å². The predicted molar refractivity (Wildman–Crippen MR) is 143 cm³/mol. The number of benzene rings is 1. The summed E-state index contributed by atoms with van der Waals surface area (Å²) in [5.41, 5.74) is 2.81. The molecule has 3 fully saturated rings. The molecule has 4 bridgehead atoms. The molecule has 2 aliphatic heterocycles. The summed E-state index contributed by atoms with van der Waals surface area (Å²) >= 11 is 0. The van der Waals surface area contributed by atoms with Gasteiger partial charge in [-0.25, -0.2) is 12.7 Å². The number of amides is 1. The number of aryl methyl sites for hydroxylation is 1. The minimum atomic E-state index is -3.75. The zero-order chi connectivity index (χ0) is 26.9. The van der Waals surface area contributed by atoms with Crippen LogP contribution in [-0.4, -0.2) is 66.1 Å². The number of likely N-dealkylation sites (N-methyl/N-ethyl adjacent to an activating group) is 1. The molecule has 6 atom stereocenters. The highest BCUT2D eigenvalue weighted by Gasteiger charge is 2.72. The Morgan fingerprint density at radius 2 is 1.84 bits per heavy atom. The van der Waals surface area contributed by atoms with Crippen LogP contribution in [0.4, 0.5) is 0 Å². The Bertz CT molecular complexity index is 1560. The van der Waals surface area contributed by atoms with E-state index in [-0.39, 0.29) is 46.5 Å². The molecule has 0 N–H and O–H groups in total. The van der Waals surface area contributed by atoms with E-state index in [1.165, 1.54) is 11.4 Å². The van der Waals surface area contributed by atoms with Gasteiger partial charge in [-0.05, 0) is 48.6 Å². The van der Waals surface area contributed by atoms with Crippen molar-refractivity contribution in [2.24, 2.45) is 23.8 Å². The second kappa shape index (κ2) is 7.43. The van der Waals surface area contributed by atoms with E-state index in [2.05, 4.69) is 13.8 Å². The van der Waals surface area contributed by atoms with E-state index in [9.17, 15) is 18.0 Å². The Morgan fingerprint density at radius 1 is 1.11 bits per heavy atom. The Hall–Kier alpha value is -2.81. The standard InChI is InChI=1S/C29H35N3O5S/c1-28(2)16-10-11-29(28)15-38(35,36)32(22(29)12-16)26(33)19-14-30(3)21-13-18(19)23-17-8-6-7-9-20(17)31(4)25(23)24(21)27(34)37-5/h6-9,14,16,18,21-22,24H,10-13,15H2,1-5H3/t16-,18-,21-,22-,24+,29-/m1/s1. The van der Waals surface area contributed by atoms with Crippen LogP contribution >= 0.6 is 0 Å². The monoisotopic (exact) mass is 537 g/mol. The van der Waals surface area contributed by atoms with Gasteiger partial charge in [-0.1, -0.05) is 32.0 Å². The fourth-order valence-electron chi connectivity index (χ4n) is 9.23. The topological polar surface area (TPSA) is 88.9 Å². The molecule has 8 nitrogen and oxygen atoms in total. The van der Waals surface area contributed by atoms with Gasteiger partial charge in [0.05, 0.1) is 18.9 Å². The number of nitrogens with zero attached hydrogens (tertiary/aromatic N) is 3. The van der Waals surface area contributed by atoms with Gasteiger partial charge in [-0.15, -0.1) is 0 Å². The van der Waals surface area contributed by atoms with Crippen LogP contribution in [0.2, 0.25) is 0 Å². The molecule has 7 rings (SSSR count). The summed E-state index contributed by atoms with van der Waals surface area (Å²) in [7, 11) is 1.49. The fourth-order valence-corrected chi connectivity index (χ4v) is 11.8. The highest BCUT2D eigenvalue weighted by atomic mass is 32.2. The van der Waals surface area contributed by atoms with E-state index >= 15 is 0 Å². The minimum Gasteiger partial charge on any atom is -0.468 e. The zero-order valence-corrected chi connectivity index (χ0v) is 23.4. The van der Waals surface area contributed by atoms with Crippen molar-refractivity contribution in [3.05, 3.63) is 47.3 Å². The molecule has 202 valence electrons.